The molecule has 0 amide bonds. The summed E-state index contributed by atoms with van der Waals surface area (Å²) in [4.78, 5) is 28.8. The second kappa shape index (κ2) is 11.0. The van der Waals surface area contributed by atoms with Crippen molar-refractivity contribution >= 4 is 22.8 Å². The number of pyridine rings is 2. The lowest BCUT2D eigenvalue weighted by atomic mass is 10.2. The quantitative estimate of drug-likeness (QED) is 0.417. The van der Waals surface area contributed by atoms with Crippen molar-refractivity contribution < 1.29 is 0 Å². The molecule has 3 aromatic heterocycles. The molecule has 0 unspecified atom stereocenters. The molecule has 5 rings (SSSR count). The van der Waals surface area contributed by atoms with E-state index in [0.717, 1.165) is 88.9 Å². The number of piperazine rings is 1. The highest BCUT2D eigenvalue weighted by molar-refractivity contribution is 5.75. The van der Waals surface area contributed by atoms with Gasteiger partial charge in [-0.15, -0.1) is 0 Å². The number of anilines is 2. The number of rotatable bonds is 9. The van der Waals surface area contributed by atoms with Crippen molar-refractivity contribution in [2.75, 3.05) is 44.6 Å². The first-order valence-corrected chi connectivity index (χ1v) is 12.5. The molecule has 4 heterocycles. The van der Waals surface area contributed by atoms with Crippen molar-refractivity contribution in [3.8, 4) is 0 Å². The van der Waals surface area contributed by atoms with Gasteiger partial charge in [-0.1, -0.05) is 18.9 Å². The molecule has 2 fully saturated rings. The van der Waals surface area contributed by atoms with E-state index in [1.165, 1.54) is 0 Å². The Morgan fingerprint density at radius 2 is 1.88 bits per heavy atom. The van der Waals surface area contributed by atoms with Gasteiger partial charge in [0.05, 0.1) is 0 Å². The van der Waals surface area contributed by atoms with Crippen molar-refractivity contribution in [3.63, 3.8) is 0 Å². The lowest BCUT2D eigenvalue weighted by molar-refractivity contribution is 0.237. The van der Waals surface area contributed by atoms with Gasteiger partial charge in [-0.05, 0) is 50.0 Å². The average Bonchev–Trinajstić information content (AvgIpc) is 3.40. The van der Waals surface area contributed by atoms with E-state index in [0.29, 0.717) is 17.4 Å². The van der Waals surface area contributed by atoms with Gasteiger partial charge in [0.25, 0.3) is 5.56 Å². The minimum Gasteiger partial charge on any atom is -0.314 e. The summed E-state index contributed by atoms with van der Waals surface area (Å²) >= 11 is 0. The van der Waals surface area contributed by atoms with Gasteiger partial charge in [0.1, 0.15) is 11.5 Å². The smallest absolute Gasteiger partial charge is 0.252 e. The Hall–Kier alpha value is -2.88. The second-order valence-electron chi connectivity index (χ2n) is 9.25. The van der Waals surface area contributed by atoms with E-state index < -0.39 is 0 Å². The zero-order valence-electron chi connectivity index (χ0n) is 19.7. The molecule has 9 nitrogen and oxygen atoms in total. The first kappa shape index (κ1) is 22.9. The highest BCUT2D eigenvalue weighted by Gasteiger charge is 2.20. The molecule has 34 heavy (non-hydrogen) atoms. The van der Waals surface area contributed by atoms with Crippen molar-refractivity contribution in [1.82, 2.24) is 35.1 Å². The number of fused-ring (bicyclic) bond motifs is 1. The third-order valence-electron chi connectivity index (χ3n) is 6.79. The van der Waals surface area contributed by atoms with Crippen LogP contribution in [0.4, 0.5) is 11.8 Å². The molecular weight excluding hydrogens is 428 g/mol. The van der Waals surface area contributed by atoms with E-state index in [9.17, 15) is 4.79 Å². The third-order valence-corrected chi connectivity index (χ3v) is 6.79. The van der Waals surface area contributed by atoms with Crippen molar-refractivity contribution in [1.29, 1.82) is 0 Å². The molecule has 0 radical (unpaired) electrons. The molecule has 0 bridgehead atoms. The maximum absolute atomic E-state index is 12.6. The third kappa shape index (κ3) is 5.60. The number of hydrogen-bond donors (Lipinski definition) is 3. The van der Waals surface area contributed by atoms with Gasteiger partial charge < -0.3 is 20.9 Å². The normalized spacial score (nSPS) is 17.4. The largest absolute Gasteiger partial charge is 0.314 e. The van der Waals surface area contributed by atoms with Crippen LogP contribution in [0, 0.1) is 0 Å². The molecule has 3 N–H and O–H groups in total. The molecule has 0 atom stereocenters. The molecule has 1 aliphatic carbocycles. The van der Waals surface area contributed by atoms with Crippen LogP contribution in [0.1, 0.15) is 43.7 Å². The Bertz CT molecular complexity index is 1130. The molecule has 2 aliphatic rings. The van der Waals surface area contributed by atoms with Crippen LogP contribution in [0.5, 0.6) is 0 Å². The Morgan fingerprint density at radius 3 is 2.68 bits per heavy atom. The van der Waals surface area contributed by atoms with Gasteiger partial charge in [-0.3, -0.25) is 9.36 Å². The number of hydrogen-bond acceptors (Lipinski definition) is 8. The molecule has 0 spiro atoms. The highest BCUT2D eigenvalue weighted by atomic mass is 16.1. The molecule has 3 aromatic rings. The standard InChI is InChI=1S/C25H34N8O/c34-23-9-7-20-18-29-25(31-24(20)33(23)21-4-1-2-5-21)30-22-8-6-19(17-28-22)16-27-10-3-13-32-14-11-26-12-15-32/h6-9,17-18,21,26-27H,1-5,10-16H2,(H,28,29,30,31). The van der Waals surface area contributed by atoms with Crippen LogP contribution in [0.15, 0.2) is 41.5 Å². The Labute approximate surface area is 200 Å². The van der Waals surface area contributed by atoms with Gasteiger partial charge in [0.2, 0.25) is 5.95 Å². The minimum absolute atomic E-state index is 0.00645. The summed E-state index contributed by atoms with van der Waals surface area (Å²) in [5, 5.41) is 11.0. The SMILES string of the molecule is O=c1ccc2cnc(Nc3ccc(CNCCCN4CCNCC4)cn3)nc2n1C1CCCC1. The summed E-state index contributed by atoms with van der Waals surface area (Å²) in [6.45, 7) is 7.45. The number of nitrogens with zero attached hydrogens (tertiary/aromatic N) is 5. The zero-order chi connectivity index (χ0) is 23.2. The monoisotopic (exact) mass is 462 g/mol. The van der Waals surface area contributed by atoms with Crippen LogP contribution in [0.2, 0.25) is 0 Å². The highest BCUT2D eigenvalue weighted by Crippen LogP contribution is 2.30. The lowest BCUT2D eigenvalue weighted by Gasteiger charge is -2.27. The van der Waals surface area contributed by atoms with Gasteiger partial charge in [-0.25, -0.2) is 9.97 Å². The molecular formula is C25H34N8O. The topological polar surface area (TPSA) is 100 Å². The van der Waals surface area contributed by atoms with Crippen molar-refractivity contribution in [3.05, 3.63) is 52.6 Å². The average molecular weight is 463 g/mol. The van der Waals surface area contributed by atoms with E-state index in [1.54, 1.807) is 18.3 Å². The van der Waals surface area contributed by atoms with Crippen molar-refractivity contribution in [2.24, 2.45) is 0 Å². The van der Waals surface area contributed by atoms with Crippen LogP contribution >= 0.6 is 0 Å². The lowest BCUT2D eigenvalue weighted by Crippen LogP contribution is -2.44. The fraction of sp³-hybridized carbons (Fsp3) is 0.520. The summed E-state index contributed by atoms with van der Waals surface area (Å²) in [6.07, 6.45) is 9.17. The predicted octanol–water partition coefficient (Wildman–Crippen LogP) is 2.43. The predicted molar refractivity (Wildman–Crippen MR) is 134 cm³/mol. The Morgan fingerprint density at radius 1 is 1.03 bits per heavy atom. The second-order valence-corrected chi connectivity index (χ2v) is 9.25. The summed E-state index contributed by atoms with van der Waals surface area (Å²) in [5.41, 5.74) is 1.84. The summed E-state index contributed by atoms with van der Waals surface area (Å²) < 4.78 is 1.85. The number of aromatic nitrogens is 4. The van der Waals surface area contributed by atoms with E-state index in [2.05, 4.69) is 41.9 Å². The van der Waals surface area contributed by atoms with Crippen LogP contribution in [0.3, 0.4) is 0 Å². The van der Waals surface area contributed by atoms with Gasteiger partial charge in [-0.2, -0.15) is 4.98 Å². The zero-order valence-corrected chi connectivity index (χ0v) is 19.7. The minimum atomic E-state index is 0.00645. The van der Waals surface area contributed by atoms with E-state index in [-0.39, 0.29) is 11.6 Å². The molecule has 1 aliphatic heterocycles. The first-order valence-electron chi connectivity index (χ1n) is 12.5. The molecule has 0 aromatic carbocycles. The number of nitrogens with one attached hydrogen (secondary N) is 3. The Balaban J connectivity index is 1.17. The Kier molecular flexibility index (Phi) is 7.43. The van der Waals surface area contributed by atoms with Crippen LogP contribution in [0.25, 0.3) is 11.0 Å². The van der Waals surface area contributed by atoms with Crippen LogP contribution in [-0.2, 0) is 6.54 Å². The van der Waals surface area contributed by atoms with E-state index in [1.807, 2.05) is 16.8 Å². The maximum atomic E-state index is 12.6. The van der Waals surface area contributed by atoms with Crippen LogP contribution < -0.4 is 21.5 Å². The van der Waals surface area contributed by atoms with Gasteiger partial charge in [0.15, 0.2) is 0 Å². The molecule has 9 heteroatoms. The first-order chi connectivity index (χ1) is 16.8. The fourth-order valence-corrected chi connectivity index (χ4v) is 4.93. The van der Waals surface area contributed by atoms with Crippen molar-refractivity contribution in [2.45, 2.75) is 44.7 Å². The van der Waals surface area contributed by atoms with Gasteiger partial charge in [0, 0.05) is 62.6 Å². The van der Waals surface area contributed by atoms with E-state index >= 15 is 0 Å². The molecule has 1 saturated heterocycles. The summed E-state index contributed by atoms with van der Waals surface area (Å²) in [5.74, 6) is 1.14. The van der Waals surface area contributed by atoms with E-state index in [4.69, 9.17) is 0 Å². The van der Waals surface area contributed by atoms with Crippen LogP contribution in [-0.4, -0.2) is 63.7 Å². The summed E-state index contributed by atoms with van der Waals surface area (Å²) in [7, 11) is 0. The molecule has 180 valence electrons. The fourth-order valence-electron chi connectivity index (χ4n) is 4.93. The maximum Gasteiger partial charge on any atom is 0.252 e. The summed E-state index contributed by atoms with van der Waals surface area (Å²) in [6, 6.07) is 7.66. The van der Waals surface area contributed by atoms with Gasteiger partial charge >= 0.3 is 0 Å². The molecule has 1 saturated carbocycles.